The predicted octanol–water partition coefficient (Wildman–Crippen LogP) is 3.44. The van der Waals surface area contributed by atoms with E-state index in [-0.39, 0.29) is 22.9 Å². The molecule has 1 N–H and O–H groups in total. The van der Waals surface area contributed by atoms with E-state index in [1.165, 1.54) is 12.0 Å². The zero-order valence-corrected chi connectivity index (χ0v) is 17.7. The van der Waals surface area contributed by atoms with Crippen LogP contribution in [0.15, 0.2) is 11.6 Å². The molecule has 4 aliphatic carbocycles. The van der Waals surface area contributed by atoms with E-state index in [1.807, 2.05) is 0 Å². The van der Waals surface area contributed by atoms with Crippen LogP contribution in [-0.4, -0.2) is 54.7 Å². The molecule has 3 saturated carbocycles. The Morgan fingerprint density at radius 1 is 1.14 bits per heavy atom. The van der Waals surface area contributed by atoms with E-state index < -0.39 is 0 Å². The van der Waals surface area contributed by atoms with E-state index in [1.54, 1.807) is 0 Å². The van der Waals surface area contributed by atoms with Gasteiger partial charge >= 0.3 is 0 Å². The van der Waals surface area contributed by atoms with Crippen molar-refractivity contribution in [3.8, 4) is 0 Å². The van der Waals surface area contributed by atoms with E-state index >= 15 is 0 Å². The van der Waals surface area contributed by atoms with Gasteiger partial charge < -0.3 is 9.84 Å². The highest BCUT2D eigenvalue weighted by Gasteiger charge is 2.61. The highest BCUT2D eigenvalue weighted by molar-refractivity contribution is 5.89. The highest BCUT2D eigenvalue weighted by atomic mass is 16.5. The lowest BCUT2D eigenvalue weighted by Gasteiger charge is -2.56. The van der Waals surface area contributed by atoms with Crippen LogP contribution in [0.2, 0.25) is 0 Å². The maximum absolute atomic E-state index is 13.5. The first-order valence-electron chi connectivity index (χ1n) is 11.6. The molecule has 0 aromatic rings. The topological polar surface area (TPSA) is 49.8 Å². The van der Waals surface area contributed by atoms with Crippen molar-refractivity contribution < 1.29 is 14.6 Å². The third-order valence-corrected chi connectivity index (χ3v) is 9.52. The SMILES string of the molecule is C[C@]12CC[C@H](O)CC1=CC[C@@H]1[C@@H]2CC[C@]2(C)C(=O)[C@@H](CN3CCOCC3)C[C@@H]12. The molecule has 0 amide bonds. The molecule has 0 aromatic heterocycles. The molecule has 28 heavy (non-hydrogen) atoms. The second kappa shape index (κ2) is 6.92. The van der Waals surface area contributed by atoms with E-state index in [4.69, 9.17) is 4.74 Å². The first kappa shape index (κ1) is 19.3. The van der Waals surface area contributed by atoms with Crippen molar-refractivity contribution in [2.24, 2.45) is 34.5 Å². The number of morpholine rings is 1. The third-order valence-electron chi connectivity index (χ3n) is 9.52. The van der Waals surface area contributed by atoms with Crippen molar-refractivity contribution in [2.45, 2.75) is 64.9 Å². The second-order valence-corrected chi connectivity index (χ2v) is 10.8. The van der Waals surface area contributed by atoms with Gasteiger partial charge in [0, 0.05) is 31.0 Å². The fraction of sp³-hybridized carbons (Fsp3) is 0.875. The number of aliphatic hydroxyl groups excluding tert-OH is 1. The van der Waals surface area contributed by atoms with Crippen LogP contribution in [0.1, 0.15) is 58.8 Å². The summed E-state index contributed by atoms with van der Waals surface area (Å²) in [6, 6.07) is 0. The Morgan fingerprint density at radius 2 is 1.89 bits per heavy atom. The Hall–Kier alpha value is -0.710. The van der Waals surface area contributed by atoms with Crippen LogP contribution >= 0.6 is 0 Å². The van der Waals surface area contributed by atoms with Gasteiger partial charge in [-0.1, -0.05) is 25.5 Å². The Kier molecular flexibility index (Phi) is 4.76. The molecule has 4 heteroatoms. The summed E-state index contributed by atoms with van der Waals surface area (Å²) in [6.45, 7) is 9.27. The molecule has 156 valence electrons. The van der Waals surface area contributed by atoms with Crippen LogP contribution < -0.4 is 0 Å². The number of ketones is 1. The Morgan fingerprint density at radius 3 is 2.68 bits per heavy atom. The lowest BCUT2D eigenvalue weighted by atomic mass is 9.48. The smallest absolute Gasteiger partial charge is 0.143 e. The van der Waals surface area contributed by atoms with Crippen molar-refractivity contribution >= 4 is 5.78 Å². The number of carbonyl (C=O) groups excluding carboxylic acids is 1. The van der Waals surface area contributed by atoms with E-state index in [0.717, 1.165) is 71.4 Å². The van der Waals surface area contributed by atoms with E-state index in [0.29, 0.717) is 23.5 Å². The van der Waals surface area contributed by atoms with Crippen molar-refractivity contribution in [2.75, 3.05) is 32.8 Å². The van der Waals surface area contributed by atoms with Crippen molar-refractivity contribution in [1.29, 1.82) is 0 Å². The fourth-order valence-corrected chi connectivity index (χ4v) is 7.84. The van der Waals surface area contributed by atoms with Gasteiger partial charge in [-0.2, -0.15) is 0 Å². The molecule has 1 saturated heterocycles. The summed E-state index contributed by atoms with van der Waals surface area (Å²) >= 11 is 0. The molecule has 5 aliphatic rings. The zero-order valence-electron chi connectivity index (χ0n) is 17.7. The Labute approximate surface area is 169 Å². The summed E-state index contributed by atoms with van der Waals surface area (Å²) in [7, 11) is 0. The van der Waals surface area contributed by atoms with E-state index in [9.17, 15) is 9.90 Å². The fourth-order valence-electron chi connectivity index (χ4n) is 7.84. The lowest BCUT2D eigenvalue weighted by Crippen LogP contribution is -2.50. The van der Waals surface area contributed by atoms with Gasteiger partial charge in [0.1, 0.15) is 5.78 Å². The second-order valence-electron chi connectivity index (χ2n) is 10.8. The molecule has 7 atom stereocenters. The normalized spacial score (nSPS) is 49.2. The molecular formula is C24H37NO3. The summed E-state index contributed by atoms with van der Waals surface area (Å²) in [5.74, 6) is 2.68. The van der Waals surface area contributed by atoms with Crippen LogP contribution in [0.3, 0.4) is 0 Å². The number of hydrogen-bond acceptors (Lipinski definition) is 4. The molecule has 4 fully saturated rings. The van der Waals surface area contributed by atoms with Crippen LogP contribution in [-0.2, 0) is 9.53 Å². The van der Waals surface area contributed by atoms with Crippen molar-refractivity contribution in [3.63, 3.8) is 0 Å². The number of fused-ring (bicyclic) bond motifs is 5. The van der Waals surface area contributed by atoms with Gasteiger partial charge in [-0.15, -0.1) is 0 Å². The number of nitrogens with zero attached hydrogens (tertiary/aromatic N) is 1. The summed E-state index contributed by atoms with van der Waals surface area (Å²) in [5.41, 5.74) is 1.67. The third kappa shape index (κ3) is 2.86. The van der Waals surface area contributed by atoms with Crippen LogP contribution in [0.25, 0.3) is 0 Å². The monoisotopic (exact) mass is 387 g/mol. The van der Waals surface area contributed by atoms with Gasteiger partial charge in [0.05, 0.1) is 19.3 Å². The van der Waals surface area contributed by atoms with Gasteiger partial charge in [-0.25, -0.2) is 0 Å². The highest BCUT2D eigenvalue weighted by Crippen LogP contribution is 2.64. The van der Waals surface area contributed by atoms with Crippen LogP contribution in [0, 0.1) is 34.5 Å². The molecule has 5 rings (SSSR count). The minimum atomic E-state index is -0.143. The number of ether oxygens (including phenoxy) is 1. The molecule has 1 aliphatic heterocycles. The lowest BCUT2D eigenvalue weighted by molar-refractivity contribution is -0.134. The summed E-state index contributed by atoms with van der Waals surface area (Å²) in [6.07, 6.45) is 9.74. The number of hydrogen-bond donors (Lipinski definition) is 1. The number of rotatable bonds is 2. The van der Waals surface area contributed by atoms with Gasteiger partial charge in [0.2, 0.25) is 0 Å². The largest absolute Gasteiger partial charge is 0.393 e. The zero-order chi connectivity index (χ0) is 19.5. The van der Waals surface area contributed by atoms with Crippen molar-refractivity contribution in [3.05, 3.63) is 11.6 Å². The molecule has 0 unspecified atom stereocenters. The Bertz CT molecular complexity index is 669. The van der Waals surface area contributed by atoms with Gasteiger partial charge in [-0.3, -0.25) is 9.69 Å². The molecular weight excluding hydrogens is 350 g/mol. The predicted molar refractivity (Wildman–Crippen MR) is 109 cm³/mol. The number of allylic oxidation sites excluding steroid dienone is 1. The first-order valence-corrected chi connectivity index (χ1v) is 11.6. The summed E-state index contributed by atoms with van der Waals surface area (Å²) in [5, 5.41) is 10.2. The average molecular weight is 388 g/mol. The van der Waals surface area contributed by atoms with E-state index in [2.05, 4.69) is 24.8 Å². The number of aliphatic hydroxyl groups is 1. The molecule has 4 nitrogen and oxygen atoms in total. The molecule has 0 aromatic carbocycles. The number of carbonyl (C=O) groups is 1. The minimum absolute atomic E-state index is 0.103. The van der Waals surface area contributed by atoms with Gasteiger partial charge in [0.25, 0.3) is 0 Å². The summed E-state index contributed by atoms with van der Waals surface area (Å²) < 4.78 is 5.49. The number of Topliss-reactive ketones (excluding diaryl/α,β-unsaturated/α-hetero) is 1. The molecule has 0 spiro atoms. The van der Waals surface area contributed by atoms with Crippen LogP contribution in [0.5, 0.6) is 0 Å². The van der Waals surface area contributed by atoms with Crippen LogP contribution in [0.4, 0.5) is 0 Å². The molecule has 0 bridgehead atoms. The first-order chi connectivity index (χ1) is 13.4. The molecule has 1 heterocycles. The maximum atomic E-state index is 13.5. The molecule has 0 radical (unpaired) electrons. The van der Waals surface area contributed by atoms with Gasteiger partial charge in [-0.05, 0) is 68.1 Å². The summed E-state index contributed by atoms with van der Waals surface area (Å²) in [4.78, 5) is 16.0. The maximum Gasteiger partial charge on any atom is 0.143 e. The van der Waals surface area contributed by atoms with Crippen molar-refractivity contribution in [1.82, 2.24) is 4.90 Å². The minimum Gasteiger partial charge on any atom is -0.393 e. The van der Waals surface area contributed by atoms with Gasteiger partial charge in [0.15, 0.2) is 0 Å². The average Bonchev–Trinajstić information content (AvgIpc) is 2.94. The standard InChI is InChI=1S/C24H37NO3/c1-23-7-5-18(26)14-17(23)3-4-19-20(23)6-8-24(2)21(19)13-16(22(24)27)15-25-9-11-28-12-10-25/h3,16,18-21,26H,4-15H2,1-2H3/t16-,18+,19-,20+,21+,23+,24+/m1/s1. The Balaban J connectivity index is 1.38. The quantitative estimate of drug-likeness (QED) is 0.738.